The fourth-order valence-corrected chi connectivity index (χ4v) is 6.76. The second-order valence-electron chi connectivity index (χ2n) is 14.2. The standard InChI is InChI=1S/C39H54N8O8/c1-2-3-12-28-37(53)45-30(22-24-10-5-4-6-11-24)38(54)46-31(39(55)47-20-9-14-32(47)34(41)50)23-33(49)42-19-8-7-13-29(36(52)44-28)43-35(51)27(40)21-25-15-17-26(48)18-16-25/h4-6,10-11,15-18,27-32,48H,2-3,7-9,12-14,19-23,40H2,1H3,(H2,41,50)(H,42,49)(H,43,51)(H,44,52)(H,45,53)(H,46,54)/t27-,28-,29+,30-,31+,32-/m0/s1. The average molecular weight is 763 g/mol. The molecule has 55 heavy (non-hydrogen) atoms. The summed E-state index contributed by atoms with van der Waals surface area (Å²) in [6, 6.07) is 8.49. The lowest BCUT2D eigenvalue weighted by atomic mass is 10.0. The summed E-state index contributed by atoms with van der Waals surface area (Å²) in [6.45, 7) is 2.32. The van der Waals surface area contributed by atoms with Crippen molar-refractivity contribution in [2.75, 3.05) is 13.1 Å². The molecule has 2 aliphatic heterocycles. The molecule has 16 heteroatoms. The van der Waals surface area contributed by atoms with Gasteiger partial charge in [-0.3, -0.25) is 33.6 Å². The number of aromatic hydroxyl groups is 1. The molecule has 7 amide bonds. The molecule has 2 fully saturated rings. The minimum atomic E-state index is -1.36. The van der Waals surface area contributed by atoms with Crippen LogP contribution in [0.4, 0.5) is 0 Å². The second kappa shape index (κ2) is 20.8. The molecule has 0 saturated carbocycles. The molecule has 2 aliphatic rings. The van der Waals surface area contributed by atoms with Crippen LogP contribution in [0.15, 0.2) is 54.6 Å². The smallest absolute Gasteiger partial charge is 0.246 e. The SMILES string of the molecule is CCCC[C@@H]1NC(=O)[C@H](NC(=O)[C@@H](N)Cc2ccc(O)cc2)CCCCNC(=O)C[C@H](C(=O)N2CCC[C@H]2C(N)=O)NC(=O)[C@H](Cc2ccccc2)NC1=O. The molecule has 10 N–H and O–H groups in total. The van der Waals surface area contributed by atoms with Crippen LogP contribution in [0.2, 0.25) is 0 Å². The molecule has 2 aromatic carbocycles. The van der Waals surface area contributed by atoms with Crippen molar-refractivity contribution in [3.63, 3.8) is 0 Å². The maximum atomic E-state index is 14.1. The molecule has 0 spiro atoms. The van der Waals surface area contributed by atoms with Gasteiger partial charge in [0.25, 0.3) is 0 Å². The number of phenols is 1. The lowest BCUT2D eigenvalue weighted by Gasteiger charge is -2.29. The van der Waals surface area contributed by atoms with E-state index in [-0.39, 0.29) is 44.5 Å². The van der Waals surface area contributed by atoms with Crippen molar-refractivity contribution in [2.45, 2.75) is 114 Å². The number of hydrogen-bond acceptors (Lipinski definition) is 9. The van der Waals surface area contributed by atoms with Crippen molar-refractivity contribution in [3.05, 3.63) is 65.7 Å². The molecule has 2 heterocycles. The van der Waals surface area contributed by atoms with E-state index in [0.29, 0.717) is 49.7 Å². The van der Waals surface area contributed by atoms with Crippen LogP contribution in [0, 0.1) is 0 Å². The highest BCUT2D eigenvalue weighted by atomic mass is 16.3. The molecule has 6 atom stereocenters. The summed E-state index contributed by atoms with van der Waals surface area (Å²) < 4.78 is 0. The normalized spacial score (nSPS) is 23.7. The number of phenolic OH excluding ortho intramolecular Hbond substituents is 1. The number of benzene rings is 2. The summed E-state index contributed by atoms with van der Waals surface area (Å²) in [5.74, 6) is -4.38. The molecule has 0 radical (unpaired) electrons. The molecule has 4 rings (SSSR count). The zero-order chi connectivity index (χ0) is 39.9. The Morgan fingerprint density at radius 3 is 2.25 bits per heavy atom. The summed E-state index contributed by atoms with van der Waals surface area (Å²) in [5.41, 5.74) is 13.2. The first kappa shape index (κ1) is 42.2. The van der Waals surface area contributed by atoms with Gasteiger partial charge in [-0.2, -0.15) is 0 Å². The van der Waals surface area contributed by atoms with E-state index in [1.807, 2.05) is 6.92 Å². The van der Waals surface area contributed by atoms with E-state index in [0.717, 1.165) is 0 Å². The highest BCUT2D eigenvalue weighted by Gasteiger charge is 2.39. The molecular weight excluding hydrogens is 708 g/mol. The third-order valence-corrected chi connectivity index (χ3v) is 9.87. The summed E-state index contributed by atoms with van der Waals surface area (Å²) in [4.78, 5) is 95.7. The Morgan fingerprint density at radius 1 is 0.873 bits per heavy atom. The number of unbranched alkanes of at least 4 members (excludes halogenated alkanes) is 1. The van der Waals surface area contributed by atoms with Crippen LogP contribution in [0.3, 0.4) is 0 Å². The summed E-state index contributed by atoms with van der Waals surface area (Å²) in [7, 11) is 0. The highest BCUT2D eigenvalue weighted by molar-refractivity contribution is 5.98. The van der Waals surface area contributed by atoms with E-state index < -0.39 is 84.0 Å². The van der Waals surface area contributed by atoms with Gasteiger partial charge in [0.1, 0.15) is 36.0 Å². The van der Waals surface area contributed by atoms with Crippen molar-refractivity contribution in [1.82, 2.24) is 31.5 Å². The molecule has 16 nitrogen and oxygen atoms in total. The fourth-order valence-electron chi connectivity index (χ4n) is 6.76. The predicted molar refractivity (Wildman–Crippen MR) is 203 cm³/mol. The van der Waals surface area contributed by atoms with Gasteiger partial charge in [-0.1, -0.05) is 62.2 Å². The Bertz CT molecular complexity index is 1660. The number of primary amides is 1. The number of nitrogens with zero attached hydrogens (tertiary/aromatic N) is 1. The van der Waals surface area contributed by atoms with Gasteiger partial charge in [-0.15, -0.1) is 0 Å². The van der Waals surface area contributed by atoms with E-state index in [1.54, 1.807) is 42.5 Å². The third-order valence-electron chi connectivity index (χ3n) is 9.87. The number of likely N-dealkylation sites (tertiary alicyclic amines) is 1. The van der Waals surface area contributed by atoms with Gasteiger partial charge in [0.2, 0.25) is 41.4 Å². The van der Waals surface area contributed by atoms with E-state index in [4.69, 9.17) is 11.5 Å². The third kappa shape index (κ3) is 12.8. The number of hydrogen-bond donors (Lipinski definition) is 8. The van der Waals surface area contributed by atoms with Gasteiger partial charge in [-0.25, -0.2) is 0 Å². The van der Waals surface area contributed by atoms with Crippen LogP contribution in [-0.4, -0.2) is 101 Å². The van der Waals surface area contributed by atoms with Gasteiger partial charge in [0.15, 0.2) is 0 Å². The number of nitrogens with two attached hydrogens (primary N) is 2. The first-order valence-corrected chi connectivity index (χ1v) is 19.0. The Morgan fingerprint density at radius 2 is 1.56 bits per heavy atom. The number of nitrogens with one attached hydrogen (secondary N) is 5. The van der Waals surface area contributed by atoms with Crippen molar-refractivity contribution in [3.8, 4) is 5.75 Å². The van der Waals surface area contributed by atoms with Gasteiger partial charge < -0.3 is 48.1 Å². The topological polar surface area (TPSA) is 255 Å². The zero-order valence-corrected chi connectivity index (χ0v) is 31.3. The van der Waals surface area contributed by atoms with Crippen LogP contribution in [-0.2, 0) is 46.4 Å². The van der Waals surface area contributed by atoms with Crippen LogP contribution in [0.5, 0.6) is 5.75 Å². The molecule has 298 valence electrons. The van der Waals surface area contributed by atoms with E-state index >= 15 is 0 Å². The minimum Gasteiger partial charge on any atom is -0.508 e. The second-order valence-corrected chi connectivity index (χ2v) is 14.2. The first-order chi connectivity index (χ1) is 26.4. The zero-order valence-electron chi connectivity index (χ0n) is 31.3. The van der Waals surface area contributed by atoms with Crippen LogP contribution in [0.25, 0.3) is 0 Å². The molecule has 2 saturated heterocycles. The Labute approximate surface area is 320 Å². The molecule has 0 unspecified atom stereocenters. The largest absolute Gasteiger partial charge is 0.508 e. The average Bonchev–Trinajstić information content (AvgIpc) is 3.66. The monoisotopic (exact) mass is 762 g/mol. The summed E-state index contributed by atoms with van der Waals surface area (Å²) in [5, 5.41) is 23.3. The van der Waals surface area contributed by atoms with Crippen LogP contribution < -0.4 is 38.1 Å². The lowest BCUT2D eigenvalue weighted by molar-refractivity contribution is -0.142. The molecule has 0 bridgehead atoms. The van der Waals surface area contributed by atoms with E-state index in [9.17, 15) is 38.7 Å². The van der Waals surface area contributed by atoms with Gasteiger partial charge >= 0.3 is 0 Å². The maximum Gasteiger partial charge on any atom is 0.246 e. The first-order valence-electron chi connectivity index (χ1n) is 19.0. The quantitative estimate of drug-likeness (QED) is 0.151. The molecule has 2 aromatic rings. The summed E-state index contributed by atoms with van der Waals surface area (Å²) >= 11 is 0. The Kier molecular flexibility index (Phi) is 16.0. The number of rotatable bonds is 11. The van der Waals surface area contributed by atoms with Crippen molar-refractivity contribution >= 4 is 41.4 Å². The van der Waals surface area contributed by atoms with Crippen molar-refractivity contribution in [2.24, 2.45) is 11.5 Å². The number of carbonyl (C=O) groups is 7. The molecule has 0 aromatic heterocycles. The van der Waals surface area contributed by atoms with Crippen LogP contribution in [0.1, 0.15) is 75.8 Å². The Hall–Kier alpha value is -5.51. The Balaban J connectivity index is 1.61. The van der Waals surface area contributed by atoms with Gasteiger partial charge in [0.05, 0.1) is 12.5 Å². The summed E-state index contributed by atoms with van der Waals surface area (Å²) in [6.07, 6.45) is 3.03. The van der Waals surface area contributed by atoms with Crippen molar-refractivity contribution in [1.29, 1.82) is 0 Å². The van der Waals surface area contributed by atoms with E-state index in [1.165, 1.54) is 17.0 Å². The fraction of sp³-hybridized carbons (Fsp3) is 0.513. The van der Waals surface area contributed by atoms with Gasteiger partial charge in [0, 0.05) is 19.5 Å². The molecule has 0 aliphatic carbocycles. The maximum absolute atomic E-state index is 14.1. The highest BCUT2D eigenvalue weighted by Crippen LogP contribution is 2.19. The van der Waals surface area contributed by atoms with Gasteiger partial charge in [-0.05, 0) is 68.2 Å². The van der Waals surface area contributed by atoms with Crippen molar-refractivity contribution < 1.29 is 38.7 Å². The molecular formula is C39H54N8O8. The van der Waals surface area contributed by atoms with Crippen LogP contribution >= 0.6 is 0 Å². The minimum absolute atomic E-state index is 0.0190. The predicted octanol–water partition coefficient (Wildman–Crippen LogP) is -0.199. The lowest BCUT2D eigenvalue weighted by Crippen LogP contribution is -2.60. The van der Waals surface area contributed by atoms with E-state index in [2.05, 4.69) is 26.6 Å². The number of amides is 7. The number of carbonyl (C=O) groups excluding carboxylic acids is 7.